The Hall–Kier alpha value is -0.620. The zero-order chi connectivity index (χ0) is 15.2. The standard InChI is InChI=1S/C14H23ClN2O2S/c1-3-4-5-6-11(2)17-20(18,19)13-7-8-14(15)12(9-13)10-16/h7-9,11,17H,3-6,10,16H2,1-2H3. The van der Waals surface area contributed by atoms with Crippen LogP contribution in [0.3, 0.4) is 0 Å². The van der Waals surface area contributed by atoms with Crippen molar-refractivity contribution in [3.8, 4) is 0 Å². The van der Waals surface area contributed by atoms with Gasteiger partial charge < -0.3 is 5.73 Å². The molecular weight excluding hydrogens is 296 g/mol. The fourth-order valence-corrected chi connectivity index (χ4v) is 3.49. The highest BCUT2D eigenvalue weighted by atomic mass is 35.5. The Balaban J connectivity index is 2.78. The van der Waals surface area contributed by atoms with Crippen LogP contribution in [0.25, 0.3) is 0 Å². The molecule has 4 nitrogen and oxygen atoms in total. The van der Waals surface area contributed by atoms with Crippen LogP contribution in [0.15, 0.2) is 23.1 Å². The third-order valence-corrected chi connectivity index (χ3v) is 5.10. The molecule has 1 unspecified atom stereocenters. The third-order valence-electron chi connectivity index (χ3n) is 3.14. The van der Waals surface area contributed by atoms with Crippen molar-refractivity contribution in [3.63, 3.8) is 0 Å². The lowest BCUT2D eigenvalue weighted by Gasteiger charge is -2.14. The maximum atomic E-state index is 12.3. The first-order valence-electron chi connectivity index (χ1n) is 6.91. The van der Waals surface area contributed by atoms with E-state index in [9.17, 15) is 8.42 Å². The first-order chi connectivity index (χ1) is 9.40. The summed E-state index contributed by atoms with van der Waals surface area (Å²) in [4.78, 5) is 0.213. The quantitative estimate of drug-likeness (QED) is 0.724. The lowest BCUT2D eigenvalue weighted by molar-refractivity contribution is 0.527. The van der Waals surface area contributed by atoms with Crippen LogP contribution in [0, 0.1) is 0 Å². The summed E-state index contributed by atoms with van der Waals surface area (Å²) in [6, 6.07) is 4.52. The van der Waals surface area contributed by atoms with Crippen molar-refractivity contribution in [2.75, 3.05) is 0 Å². The normalized spacial score (nSPS) is 13.4. The first kappa shape index (κ1) is 17.4. The zero-order valence-corrected chi connectivity index (χ0v) is 13.6. The minimum atomic E-state index is -3.51. The van der Waals surface area contributed by atoms with Crippen molar-refractivity contribution in [3.05, 3.63) is 28.8 Å². The van der Waals surface area contributed by atoms with Crippen LogP contribution in [-0.4, -0.2) is 14.5 Å². The number of nitrogens with two attached hydrogens (primary N) is 1. The average molecular weight is 319 g/mol. The molecule has 0 fully saturated rings. The first-order valence-corrected chi connectivity index (χ1v) is 8.77. The summed E-state index contributed by atoms with van der Waals surface area (Å²) in [6.07, 6.45) is 4.10. The van der Waals surface area contributed by atoms with Crippen LogP contribution in [-0.2, 0) is 16.6 Å². The van der Waals surface area contributed by atoms with E-state index in [-0.39, 0.29) is 17.5 Å². The van der Waals surface area contributed by atoms with Crippen molar-refractivity contribution in [1.82, 2.24) is 4.72 Å². The van der Waals surface area contributed by atoms with E-state index >= 15 is 0 Å². The monoisotopic (exact) mass is 318 g/mol. The fourth-order valence-electron chi connectivity index (χ4n) is 1.97. The molecule has 0 aliphatic carbocycles. The van der Waals surface area contributed by atoms with Gasteiger partial charge in [0.15, 0.2) is 0 Å². The van der Waals surface area contributed by atoms with Gasteiger partial charge in [-0.3, -0.25) is 0 Å². The summed E-state index contributed by atoms with van der Waals surface area (Å²) in [5.74, 6) is 0. The molecule has 114 valence electrons. The number of sulfonamides is 1. The van der Waals surface area contributed by atoms with Gasteiger partial charge in [0, 0.05) is 17.6 Å². The van der Waals surface area contributed by atoms with Crippen LogP contribution in [0.5, 0.6) is 0 Å². The number of halogens is 1. The molecule has 0 aliphatic heterocycles. The Morgan fingerprint density at radius 1 is 1.35 bits per heavy atom. The number of benzene rings is 1. The second-order valence-corrected chi connectivity index (χ2v) is 7.10. The molecule has 0 saturated heterocycles. The minimum Gasteiger partial charge on any atom is -0.326 e. The SMILES string of the molecule is CCCCCC(C)NS(=O)(=O)c1ccc(Cl)c(CN)c1. The van der Waals surface area contributed by atoms with Gasteiger partial charge in [0.2, 0.25) is 10.0 Å². The molecule has 0 amide bonds. The Labute approximate surface area is 126 Å². The molecule has 0 radical (unpaired) electrons. The average Bonchev–Trinajstić information content (AvgIpc) is 2.38. The lowest BCUT2D eigenvalue weighted by Crippen LogP contribution is -2.32. The van der Waals surface area contributed by atoms with Crippen LogP contribution >= 0.6 is 11.6 Å². The number of unbranched alkanes of at least 4 members (excludes halogenated alkanes) is 2. The van der Waals surface area contributed by atoms with Crippen LogP contribution < -0.4 is 10.5 Å². The topological polar surface area (TPSA) is 72.2 Å². The second-order valence-electron chi connectivity index (χ2n) is 4.98. The summed E-state index contributed by atoms with van der Waals surface area (Å²) in [6.45, 7) is 4.22. The molecule has 0 aliphatic rings. The van der Waals surface area contributed by atoms with E-state index in [1.807, 2.05) is 6.92 Å². The van der Waals surface area contributed by atoms with E-state index in [2.05, 4.69) is 11.6 Å². The maximum absolute atomic E-state index is 12.3. The molecule has 1 aromatic carbocycles. The molecule has 1 aromatic rings. The van der Waals surface area contributed by atoms with Gasteiger partial charge in [0.05, 0.1) is 4.90 Å². The van der Waals surface area contributed by atoms with Crippen LogP contribution in [0.4, 0.5) is 0 Å². The molecule has 0 heterocycles. The van der Waals surface area contributed by atoms with Gasteiger partial charge in [-0.25, -0.2) is 13.1 Å². The molecule has 1 atom stereocenters. The van der Waals surface area contributed by atoms with Gasteiger partial charge >= 0.3 is 0 Å². The third kappa shape index (κ3) is 5.05. The van der Waals surface area contributed by atoms with E-state index in [0.29, 0.717) is 10.6 Å². The minimum absolute atomic E-state index is 0.0800. The molecule has 6 heteroatoms. The zero-order valence-electron chi connectivity index (χ0n) is 12.0. The highest BCUT2D eigenvalue weighted by Gasteiger charge is 2.18. The van der Waals surface area contributed by atoms with Gasteiger partial charge in [0.1, 0.15) is 0 Å². The molecule has 1 rings (SSSR count). The van der Waals surface area contributed by atoms with Gasteiger partial charge in [-0.1, -0.05) is 37.8 Å². The van der Waals surface area contributed by atoms with Crippen molar-refractivity contribution >= 4 is 21.6 Å². The van der Waals surface area contributed by atoms with Gasteiger partial charge in [-0.15, -0.1) is 0 Å². The van der Waals surface area contributed by atoms with Crippen molar-refractivity contribution in [2.45, 2.75) is 57.0 Å². The highest BCUT2D eigenvalue weighted by molar-refractivity contribution is 7.89. The molecule has 3 N–H and O–H groups in total. The van der Waals surface area contributed by atoms with Gasteiger partial charge in [-0.2, -0.15) is 0 Å². The number of hydrogen-bond donors (Lipinski definition) is 2. The van der Waals surface area contributed by atoms with Crippen molar-refractivity contribution in [1.29, 1.82) is 0 Å². The van der Waals surface area contributed by atoms with Gasteiger partial charge in [-0.05, 0) is 37.1 Å². The number of nitrogens with one attached hydrogen (secondary N) is 1. The Bertz CT molecular complexity index is 532. The van der Waals surface area contributed by atoms with E-state index in [0.717, 1.165) is 25.7 Å². The molecule has 0 aromatic heterocycles. The summed E-state index contributed by atoms with van der Waals surface area (Å²) in [5, 5.41) is 0.488. The largest absolute Gasteiger partial charge is 0.326 e. The van der Waals surface area contributed by atoms with E-state index in [1.165, 1.54) is 12.1 Å². The van der Waals surface area contributed by atoms with Crippen molar-refractivity contribution < 1.29 is 8.42 Å². The van der Waals surface area contributed by atoms with Gasteiger partial charge in [0.25, 0.3) is 0 Å². The van der Waals surface area contributed by atoms with E-state index < -0.39 is 10.0 Å². The number of hydrogen-bond acceptors (Lipinski definition) is 3. The number of rotatable bonds is 8. The molecular formula is C14H23ClN2O2S. The highest BCUT2D eigenvalue weighted by Crippen LogP contribution is 2.20. The van der Waals surface area contributed by atoms with Crippen LogP contribution in [0.1, 0.15) is 45.1 Å². The smallest absolute Gasteiger partial charge is 0.240 e. The summed E-state index contributed by atoms with van der Waals surface area (Å²) in [5.41, 5.74) is 6.18. The van der Waals surface area contributed by atoms with E-state index in [4.69, 9.17) is 17.3 Å². The van der Waals surface area contributed by atoms with Crippen molar-refractivity contribution in [2.24, 2.45) is 5.73 Å². The van der Waals surface area contributed by atoms with Crippen LogP contribution in [0.2, 0.25) is 5.02 Å². The molecule has 0 saturated carbocycles. The predicted molar refractivity (Wildman–Crippen MR) is 83.3 cm³/mol. The van der Waals surface area contributed by atoms with E-state index in [1.54, 1.807) is 6.07 Å². The summed E-state index contributed by atoms with van der Waals surface area (Å²) >= 11 is 5.94. The Morgan fingerprint density at radius 2 is 2.05 bits per heavy atom. The summed E-state index contributed by atoms with van der Waals surface area (Å²) in [7, 11) is -3.51. The maximum Gasteiger partial charge on any atom is 0.240 e. The summed E-state index contributed by atoms with van der Waals surface area (Å²) < 4.78 is 27.2. The lowest BCUT2D eigenvalue weighted by atomic mass is 10.1. The Kier molecular flexibility index (Phi) is 6.95. The Morgan fingerprint density at radius 3 is 2.65 bits per heavy atom. The molecule has 0 bridgehead atoms. The fraction of sp³-hybridized carbons (Fsp3) is 0.571. The second kappa shape index (κ2) is 7.98. The predicted octanol–water partition coefficient (Wildman–Crippen LogP) is 3.05. The molecule has 20 heavy (non-hydrogen) atoms. The molecule has 0 spiro atoms.